The number of alkyl halides is 1. The van der Waals surface area contributed by atoms with Crippen molar-refractivity contribution in [3.05, 3.63) is 35.5 Å². The third kappa shape index (κ3) is 3.75. The topological polar surface area (TPSA) is 38.5 Å². The van der Waals surface area contributed by atoms with Gasteiger partial charge in [0.2, 0.25) is 0 Å². The lowest BCUT2D eigenvalue weighted by atomic mass is 10.2. The summed E-state index contributed by atoms with van der Waals surface area (Å²) in [7, 11) is 0. The maximum absolute atomic E-state index is 13.9. The van der Waals surface area contributed by atoms with Crippen molar-refractivity contribution in [3.8, 4) is 0 Å². The van der Waals surface area contributed by atoms with Crippen molar-refractivity contribution in [1.29, 1.82) is 0 Å². The van der Waals surface area contributed by atoms with Gasteiger partial charge < -0.3 is 15.4 Å². The van der Waals surface area contributed by atoms with Gasteiger partial charge in [0, 0.05) is 13.1 Å². The Hall–Kier alpha value is -1.50. The highest BCUT2D eigenvalue weighted by atomic mass is 19.2. The molecule has 0 aromatic rings. The van der Waals surface area contributed by atoms with Crippen molar-refractivity contribution in [2.24, 2.45) is 5.73 Å². The molecule has 114 valence electrons. The van der Waals surface area contributed by atoms with Gasteiger partial charge >= 0.3 is 0 Å². The summed E-state index contributed by atoms with van der Waals surface area (Å²) < 4.78 is 58.7. The molecule has 1 heterocycles. The quantitative estimate of drug-likeness (QED) is 0.640. The monoisotopic (exact) mass is 294 g/mol. The minimum absolute atomic E-state index is 0.209. The highest BCUT2D eigenvalue weighted by Gasteiger charge is 2.28. The van der Waals surface area contributed by atoms with Gasteiger partial charge in [-0.05, 0) is 13.8 Å². The molecular weight excluding hydrogens is 276 g/mol. The first-order chi connectivity index (χ1) is 9.27. The molecular formula is C13H18F4N2O. The normalized spacial score (nSPS) is 26.0. The van der Waals surface area contributed by atoms with E-state index in [0.717, 1.165) is 0 Å². The molecule has 1 fully saturated rings. The van der Waals surface area contributed by atoms with Crippen LogP contribution >= 0.6 is 0 Å². The average Bonchev–Trinajstić information content (AvgIpc) is 2.36. The summed E-state index contributed by atoms with van der Waals surface area (Å²) in [5.74, 6) is -4.46. The van der Waals surface area contributed by atoms with E-state index in [2.05, 4.69) is 6.58 Å². The second-order valence-corrected chi connectivity index (χ2v) is 4.69. The maximum Gasteiger partial charge on any atom is 0.186 e. The molecule has 2 N–H and O–H groups in total. The largest absolute Gasteiger partial charge is 0.394 e. The van der Waals surface area contributed by atoms with Crippen LogP contribution in [0.15, 0.2) is 35.5 Å². The van der Waals surface area contributed by atoms with Crippen molar-refractivity contribution in [2.45, 2.75) is 26.1 Å². The highest BCUT2D eigenvalue weighted by molar-refractivity contribution is 5.35. The van der Waals surface area contributed by atoms with Gasteiger partial charge in [-0.2, -0.15) is 0 Å². The van der Waals surface area contributed by atoms with Crippen LogP contribution in [-0.2, 0) is 4.74 Å². The van der Waals surface area contributed by atoms with Gasteiger partial charge in [0.05, 0.1) is 17.9 Å². The fraction of sp³-hybridized carbons (Fsp3) is 0.538. The highest BCUT2D eigenvalue weighted by Crippen LogP contribution is 2.27. The molecule has 0 radical (unpaired) electrons. The number of hydrogen-bond acceptors (Lipinski definition) is 3. The van der Waals surface area contributed by atoms with Crippen LogP contribution in [0.4, 0.5) is 17.6 Å². The molecule has 0 bridgehead atoms. The molecule has 1 aliphatic heterocycles. The Balaban J connectivity index is 3.12. The summed E-state index contributed by atoms with van der Waals surface area (Å²) in [4.78, 5) is 1.34. The van der Waals surface area contributed by atoms with Gasteiger partial charge in [0.15, 0.2) is 11.7 Å². The van der Waals surface area contributed by atoms with Gasteiger partial charge in [0.1, 0.15) is 18.2 Å². The lowest BCUT2D eigenvalue weighted by molar-refractivity contribution is -0.0598. The summed E-state index contributed by atoms with van der Waals surface area (Å²) in [5, 5.41) is 0. The lowest BCUT2D eigenvalue weighted by Crippen LogP contribution is -2.45. The van der Waals surface area contributed by atoms with E-state index in [4.69, 9.17) is 10.5 Å². The SMILES string of the molecule is C=C(F)/C(N)=C(F)\C(F)=C(/CF)N1CC(C)OC(C)C1. The molecule has 0 amide bonds. The van der Waals surface area contributed by atoms with E-state index in [1.54, 1.807) is 13.8 Å². The van der Waals surface area contributed by atoms with Gasteiger partial charge in [-0.25, -0.2) is 17.6 Å². The summed E-state index contributed by atoms with van der Waals surface area (Å²) in [5.41, 5.74) is 3.46. The Labute approximate surface area is 115 Å². The summed E-state index contributed by atoms with van der Waals surface area (Å²) in [6, 6.07) is 0. The first-order valence-corrected chi connectivity index (χ1v) is 6.13. The zero-order valence-corrected chi connectivity index (χ0v) is 11.4. The molecule has 1 aliphatic rings. The number of halogens is 4. The van der Waals surface area contributed by atoms with E-state index in [1.807, 2.05) is 0 Å². The van der Waals surface area contributed by atoms with Crippen molar-refractivity contribution in [1.82, 2.24) is 4.90 Å². The van der Waals surface area contributed by atoms with Gasteiger partial charge in [-0.15, -0.1) is 0 Å². The predicted molar refractivity (Wildman–Crippen MR) is 68.3 cm³/mol. The Morgan fingerprint density at radius 3 is 2.10 bits per heavy atom. The summed E-state index contributed by atoms with van der Waals surface area (Å²) in [6.07, 6.45) is -0.512. The number of nitrogens with two attached hydrogens (primary N) is 1. The predicted octanol–water partition coefficient (Wildman–Crippen LogP) is 2.87. The zero-order chi connectivity index (χ0) is 15.4. The second kappa shape index (κ2) is 6.78. The standard InChI is InChI=1S/C13H18F4N2O/c1-7-5-19(6-8(2)20-7)10(4-14)11(16)12(17)13(18)9(3)15/h7-8H,3-6,18H2,1-2H3/b11-10-,13-12-. The molecule has 1 saturated heterocycles. The Bertz CT molecular complexity index is 438. The molecule has 0 spiro atoms. The van der Waals surface area contributed by atoms with E-state index in [0.29, 0.717) is 0 Å². The fourth-order valence-electron chi connectivity index (χ4n) is 2.04. The van der Waals surface area contributed by atoms with Crippen LogP contribution in [0, 0.1) is 0 Å². The minimum atomic E-state index is -1.64. The van der Waals surface area contributed by atoms with Crippen LogP contribution in [0.25, 0.3) is 0 Å². The van der Waals surface area contributed by atoms with Crippen molar-refractivity contribution in [2.75, 3.05) is 19.8 Å². The summed E-state index contributed by atoms with van der Waals surface area (Å²) in [6.45, 7) is 5.43. The Morgan fingerprint density at radius 2 is 1.70 bits per heavy atom. The molecule has 2 unspecified atom stereocenters. The van der Waals surface area contributed by atoms with Crippen LogP contribution < -0.4 is 5.73 Å². The van der Waals surface area contributed by atoms with Crippen LogP contribution in [0.3, 0.4) is 0 Å². The number of hydrogen-bond donors (Lipinski definition) is 1. The first kappa shape index (κ1) is 16.6. The molecule has 1 rings (SSSR count). The van der Waals surface area contributed by atoms with E-state index < -0.39 is 35.5 Å². The van der Waals surface area contributed by atoms with Crippen LogP contribution in [-0.4, -0.2) is 36.9 Å². The lowest BCUT2D eigenvalue weighted by Gasteiger charge is -2.37. The minimum Gasteiger partial charge on any atom is -0.394 e. The van der Waals surface area contributed by atoms with Crippen LogP contribution in [0.2, 0.25) is 0 Å². The third-order valence-electron chi connectivity index (χ3n) is 2.90. The first-order valence-electron chi connectivity index (χ1n) is 6.13. The van der Waals surface area contributed by atoms with E-state index in [-0.39, 0.29) is 25.3 Å². The Kier molecular flexibility index (Phi) is 5.62. The molecule has 3 nitrogen and oxygen atoms in total. The van der Waals surface area contributed by atoms with Crippen molar-refractivity contribution >= 4 is 0 Å². The molecule has 0 saturated carbocycles. The fourth-order valence-corrected chi connectivity index (χ4v) is 2.04. The smallest absolute Gasteiger partial charge is 0.186 e. The number of rotatable bonds is 4. The van der Waals surface area contributed by atoms with E-state index in [9.17, 15) is 17.6 Å². The van der Waals surface area contributed by atoms with Crippen LogP contribution in [0.1, 0.15) is 13.8 Å². The number of allylic oxidation sites excluding steroid dienone is 4. The average molecular weight is 294 g/mol. The Morgan fingerprint density at radius 1 is 1.20 bits per heavy atom. The summed E-state index contributed by atoms with van der Waals surface area (Å²) >= 11 is 0. The molecule has 0 aliphatic carbocycles. The molecule has 2 atom stereocenters. The van der Waals surface area contributed by atoms with Crippen LogP contribution in [0.5, 0.6) is 0 Å². The molecule has 0 aromatic heterocycles. The molecule has 0 aromatic carbocycles. The second-order valence-electron chi connectivity index (χ2n) is 4.69. The van der Waals surface area contributed by atoms with Gasteiger partial charge in [-0.3, -0.25) is 0 Å². The van der Waals surface area contributed by atoms with Crippen molar-refractivity contribution < 1.29 is 22.3 Å². The van der Waals surface area contributed by atoms with Gasteiger partial charge in [-0.1, -0.05) is 6.58 Å². The number of ether oxygens (including phenoxy) is 1. The molecule has 7 heteroatoms. The van der Waals surface area contributed by atoms with E-state index in [1.165, 1.54) is 4.90 Å². The van der Waals surface area contributed by atoms with Gasteiger partial charge in [0.25, 0.3) is 0 Å². The van der Waals surface area contributed by atoms with Crippen molar-refractivity contribution in [3.63, 3.8) is 0 Å². The number of morpholine rings is 1. The van der Waals surface area contributed by atoms with E-state index >= 15 is 0 Å². The molecule has 20 heavy (non-hydrogen) atoms. The maximum atomic E-state index is 13.9. The zero-order valence-electron chi connectivity index (χ0n) is 11.4. The third-order valence-corrected chi connectivity index (χ3v) is 2.90. The number of nitrogens with zero attached hydrogens (tertiary/aromatic N) is 1.